The largest absolute Gasteiger partial charge is 0.457 e. The Morgan fingerprint density at radius 3 is 2.26 bits per heavy atom. The number of para-hydroxylation sites is 1. The molecule has 0 unspecified atom stereocenters. The molecule has 0 atom stereocenters. The third kappa shape index (κ3) is 3.58. The van der Waals surface area contributed by atoms with Crippen LogP contribution in [0.15, 0.2) is 54.6 Å². The Morgan fingerprint density at radius 1 is 1.00 bits per heavy atom. The molecular formula is C15H11NO3. The number of carbonyl (C=O) groups is 1. The van der Waals surface area contributed by atoms with E-state index in [1.54, 1.807) is 30.3 Å². The van der Waals surface area contributed by atoms with Gasteiger partial charge in [-0.15, -0.1) is 0 Å². The molecule has 0 saturated heterocycles. The molecule has 4 heteroatoms. The number of hydrogen-bond donors (Lipinski definition) is 0. The summed E-state index contributed by atoms with van der Waals surface area (Å²) in [4.78, 5) is 11.5. The molecule has 2 aromatic carbocycles. The zero-order valence-corrected chi connectivity index (χ0v) is 10.1. The van der Waals surface area contributed by atoms with Crippen LogP contribution in [0.5, 0.6) is 11.5 Å². The highest BCUT2D eigenvalue weighted by Crippen LogP contribution is 2.21. The Bertz CT molecular complexity index is 585. The maximum absolute atomic E-state index is 11.5. The highest BCUT2D eigenvalue weighted by atomic mass is 16.5. The van der Waals surface area contributed by atoms with Crippen molar-refractivity contribution < 1.29 is 14.3 Å². The molecular weight excluding hydrogens is 242 g/mol. The maximum atomic E-state index is 11.5. The summed E-state index contributed by atoms with van der Waals surface area (Å²) in [6.07, 6.45) is 0. The van der Waals surface area contributed by atoms with Crippen molar-refractivity contribution >= 4 is 5.97 Å². The molecule has 0 amide bonds. The predicted octanol–water partition coefficient (Wildman–Crippen LogP) is 3.16. The van der Waals surface area contributed by atoms with Gasteiger partial charge in [-0.25, -0.2) is 4.79 Å². The van der Waals surface area contributed by atoms with Crippen LogP contribution in [0, 0.1) is 11.3 Å². The number of nitrogens with zero attached hydrogens (tertiary/aromatic N) is 1. The molecule has 2 aromatic rings. The number of nitriles is 1. The van der Waals surface area contributed by atoms with E-state index in [-0.39, 0.29) is 6.61 Å². The van der Waals surface area contributed by atoms with Gasteiger partial charge in [-0.2, -0.15) is 5.26 Å². The van der Waals surface area contributed by atoms with Gasteiger partial charge in [0.2, 0.25) is 0 Å². The molecule has 0 spiro atoms. The lowest BCUT2D eigenvalue weighted by Crippen LogP contribution is -2.04. The zero-order valence-electron chi connectivity index (χ0n) is 10.1. The minimum absolute atomic E-state index is 0.249. The summed E-state index contributed by atoms with van der Waals surface area (Å²) in [5.41, 5.74) is 0.385. The van der Waals surface area contributed by atoms with Crippen LogP contribution >= 0.6 is 0 Å². The van der Waals surface area contributed by atoms with Crippen LogP contribution in [0.2, 0.25) is 0 Å². The second-order valence-electron chi connectivity index (χ2n) is 3.67. The van der Waals surface area contributed by atoms with E-state index in [0.717, 1.165) is 5.75 Å². The van der Waals surface area contributed by atoms with Crippen LogP contribution in [-0.4, -0.2) is 12.6 Å². The molecule has 2 rings (SSSR count). The normalized spacial score (nSPS) is 9.42. The first kappa shape index (κ1) is 12.7. The Kier molecular flexibility index (Phi) is 4.14. The van der Waals surface area contributed by atoms with Gasteiger partial charge in [0.05, 0.1) is 5.56 Å². The summed E-state index contributed by atoms with van der Waals surface area (Å²) in [5.74, 6) is 0.832. The molecule has 0 saturated carbocycles. The van der Waals surface area contributed by atoms with Gasteiger partial charge in [-0.3, -0.25) is 0 Å². The molecule has 0 fully saturated rings. The van der Waals surface area contributed by atoms with Crippen molar-refractivity contribution in [2.24, 2.45) is 0 Å². The van der Waals surface area contributed by atoms with Crippen molar-refractivity contribution in [2.75, 3.05) is 6.61 Å². The number of benzene rings is 2. The Balaban J connectivity index is 2.03. The minimum atomic E-state index is -0.521. The first-order valence-corrected chi connectivity index (χ1v) is 5.66. The van der Waals surface area contributed by atoms with Crippen molar-refractivity contribution in [3.8, 4) is 17.6 Å². The van der Waals surface area contributed by atoms with Gasteiger partial charge in [0.1, 0.15) is 17.6 Å². The predicted molar refractivity (Wildman–Crippen MR) is 68.9 cm³/mol. The van der Waals surface area contributed by atoms with Crippen LogP contribution in [0.1, 0.15) is 10.4 Å². The maximum Gasteiger partial charge on any atom is 0.339 e. The Morgan fingerprint density at radius 2 is 1.63 bits per heavy atom. The zero-order chi connectivity index (χ0) is 13.5. The molecule has 0 heterocycles. The summed E-state index contributed by atoms with van der Waals surface area (Å²) in [5, 5.41) is 8.32. The van der Waals surface area contributed by atoms with Gasteiger partial charge in [0.15, 0.2) is 6.61 Å². The van der Waals surface area contributed by atoms with Crippen molar-refractivity contribution in [2.45, 2.75) is 0 Å². The van der Waals surface area contributed by atoms with Crippen LogP contribution in [0.4, 0.5) is 0 Å². The lowest BCUT2D eigenvalue weighted by atomic mass is 10.2. The van der Waals surface area contributed by atoms with Crippen molar-refractivity contribution in [1.82, 2.24) is 0 Å². The third-order valence-corrected chi connectivity index (χ3v) is 2.34. The molecule has 0 aliphatic rings. The fourth-order valence-corrected chi connectivity index (χ4v) is 1.46. The quantitative estimate of drug-likeness (QED) is 0.785. The lowest BCUT2D eigenvalue weighted by molar-refractivity contribution is 0.0555. The molecule has 0 aromatic heterocycles. The van der Waals surface area contributed by atoms with E-state index in [9.17, 15) is 4.79 Å². The van der Waals surface area contributed by atoms with E-state index < -0.39 is 5.97 Å². The van der Waals surface area contributed by atoms with Crippen LogP contribution < -0.4 is 4.74 Å². The van der Waals surface area contributed by atoms with Crippen LogP contribution in [0.3, 0.4) is 0 Å². The standard InChI is InChI=1S/C15H11NO3/c16-10-11-18-15(17)12-6-8-14(9-7-12)19-13-4-2-1-3-5-13/h1-9H,11H2. The van der Waals surface area contributed by atoms with Gasteiger partial charge >= 0.3 is 5.97 Å². The average molecular weight is 253 g/mol. The number of esters is 1. The van der Waals surface area contributed by atoms with E-state index in [4.69, 9.17) is 14.7 Å². The fraction of sp³-hybridized carbons (Fsp3) is 0.0667. The molecule has 0 aliphatic carbocycles. The van der Waals surface area contributed by atoms with Gasteiger partial charge in [0, 0.05) is 0 Å². The first-order valence-electron chi connectivity index (χ1n) is 5.66. The van der Waals surface area contributed by atoms with Gasteiger partial charge in [0.25, 0.3) is 0 Å². The molecule has 0 radical (unpaired) electrons. The fourth-order valence-electron chi connectivity index (χ4n) is 1.46. The first-order chi connectivity index (χ1) is 9.29. The highest BCUT2D eigenvalue weighted by Gasteiger charge is 2.06. The van der Waals surface area contributed by atoms with Crippen molar-refractivity contribution in [3.05, 3.63) is 60.2 Å². The molecule has 0 bridgehead atoms. The van der Waals surface area contributed by atoms with E-state index in [1.807, 2.05) is 30.3 Å². The molecule has 0 aliphatic heterocycles. The summed E-state index contributed by atoms with van der Waals surface area (Å²) in [7, 11) is 0. The van der Waals surface area contributed by atoms with Gasteiger partial charge in [-0.1, -0.05) is 18.2 Å². The van der Waals surface area contributed by atoms with E-state index in [1.165, 1.54) is 0 Å². The number of ether oxygens (including phenoxy) is 2. The number of hydrogen-bond acceptors (Lipinski definition) is 4. The van der Waals surface area contributed by atoms with Gasteiger partial charge in [-0.05, 0) is 36.4 Å². The van der Waals surface area contributed by atoms with Crippen molar-refractivity contribution in [3.63, 3.8) is 0 Å². The van der Waals surface area contributed by atoms with Crippen molar-refractivity contribution in [1.29, 1.82) is 5.26 Å². The number of carbonyl (C=O) groups excluding carboxylic acids is 1. The van der Waals surface area contributed by atoms with Crippen LogP contribution in [-0.2, 0) is 4.74 Å². The highest BCUT2D eigenvalue weighted by molar-refractivity contribution is 5.89. The summed E-state index contributed by atoms with van der Waals surface area (Å²) in [6.45, 7) is -0.249. The van der Waals surface area contributed by atoms with E-state index in [2.05, 4.69) is 0 Å². The van der Waals surface area contributed by atoms with Crippen LogP contribution in [0.25, 0.3) is 0 Å². The SMILES string of the molecule is N#CCOC(=O)c1ccc(Oc2ccccc2)cc1. The Labute approximate surface area is 110 Å². The molecule has 94 valence electrons. The monoisotopic (exact) mass is 253 g/mol. The van der Waals surface area contributed by atoms with Gasteiger partial charge < -0.3 is 9.47 Å². The summed E-state index contributed by atoms with van der Waals surface area (Å²) < 4.78 is 10.3. The summed E-state index contributed by atoms with van der Waals surface area (Å²) in [6, 6.07) is 17.6. The second kappa shape index (κ2) is 6.22. The Hall–Kier alpha value is -2.80. The van der Waals surface area contributed by atoms with E-state index in [0.29, 0.717) is 11.3 Å². The minimum Gasteiger partial charge on any atom is -0.457 e. The smallest absolute Gasteiger partial charge is 0.339 e. The summed E-state index contributed by atoms with van der Waals surface area (Å²) >= 11 is 0. The number of rotatable bonds is 4. The average Bonchev–Trinajstić information content (AvgIpc) is 2.46. The lowest BCUT2D eigenvalue weighted by Gasteiger charge is -2.06. The van der Waals surface area contributed by atoms with E-state index >= 15 is 0 Å². The molecule has 19 heavy (non-hydrogen) atoms. The topological polar surface area (TPSA) is 59.3 Å². The molecule has 4 nitrogen and oxygen atoms in total. The third-order valence-electron chi connectivity index (χ3n) is 2.34. The molecule has 0 N–H and O–H groups in total. The second-order valence-corrected chi connectivity index (χ2v) is 3.67.